The summed E-state index contributed by atoms with van der Waals surface area (Å²) in [5, 5.41) is 3.19. The number of terminal acetylenes is 1. The van der Waals surface area contributed by atoms with Gasteiger partial charge in [-0.05, 0) is 25.5 Å². The van der Waals surface area contributed by atoms with Crippen molar-refractivity contribution in [2.75, 3.05) is 17.6 Å². The number of hydrogen-bond acceptors (Lipinski definition) is 3. The molecule has 0 aromatic carbocycles. The fourth-order valence-corrected chi connectivity index (χ4v) is 1.08. The summed E-state index contributed by atoms with van der Waals surface area (Å²) in [6.07, 6.45) is 6.89. The van der Waals surface area contributed by atoms with Crippen LogP contribution in [0.3, 0.4) is 0 Å². The molecular formula is C11H15N3. The molecule has 3 N–H and O–H groups in total. The van der Waals surface area contributed by atoms with Crippen LogP contribution in [0.1, 0.15) is 18.5 Å². The average molecular weight is 189 g/mol. The summed E-state index contributed by atoms with van der Waals surface area (Å²) in [6.45, 7) is 2.74. The molecule has 0 aliphatic carbocycles. The number of hydrogen-bond donors (Lipinski definition) is 2. The number of unbranched alkanes of at least 4 members (excludes halogenated alkanes) is 1. The number of nitrogens with zero attached hydrogens (tertiary/aromatic N) is 1. The smallest absolute Gasteiger partial charge is 0.126 e. The van der Waals surface area contributed by atoms with Gasteiger partial charge in [-0.25, -0.2) is 4.98 Å². The SMILES string of the molecule is C#CCCCNc1ccc(N)c(C)n1. The first kappa shape index (κ1) is 10.4. The van der Waals surface area contributed by atoms with Gasteiger partial charge < -0.3 is 11.1 Å². The third-order valence-electron chi connectivity index (χ3n) is 1.93. The minimum atomic E-state index is 0.721. The van der Waals surface area contributed by atoms with Crippen molar-refractivity contribution in [3.8, 4) is 12.3 Å². The van der Waals surface area contributed by atoms with E-state index in [-0.39, 0.29) is 0 Å². The molecule has 0 saturated heterocycles. The second kappa shape index (κ2) is 5.13. The minimum Gasteiger partial charge on any atom is -0.397 e. The minimum absolute atomic E-state index is 0.721. The molecule has 0 fully saturated rings. The van der Waals surface area contributed by atoms with Crippen LogP contribution in [-0.4, -0.2) is 11.5 Å². The van der Waals surface area contributed by atoms with E-state index in [9.17, 15) is 0 Å². The van der Waals surface area contributed by atoms with Crippen molar-refractivity contribution in [1.29, 1.82) is 0 Å². The zero-order chi connectivity index (χ0) is 10.4. The lowest BCUT2D eigenvalue weighted by Gasteiger charge is -2.06. The lowest BCUT2D eigenvalue weighted by atomic mass is 10.3. The molecule has 0 radical (unpaired) electrons. The second-order valence-electron chi connectivity index (χ2n) is 3.11. The molecule has 0 spiro atoms. The molecule has 3 nitrogen and oxygen atoms in total. The maximum absolute atomic E-state index is 5.65. The first-order chi connectivity index (χ1) is 6.74. The molecule has 1 aromatic rings. The Morgan fingerprint density at radius 1 is 1.57 bits per heavy atom. The van der Waals surface area contributed by atoms with E-state index in [2.05, 4.69) is 16.2 Å². The highest BCUT2D eigenvalue weighted by atomic mass is 15.0. The Balaban J connectivity index is 2.44. The van der Waals surface area contributed by atoms with Crippen LogP contribution in [0.25, 0.3) is 0 Å². The van der Waals surface area contributed by atoms with E-state index in [1.165, 1.54) is 0 Å². The van der Waals surface area contributed by atoms with Gasteiger partial charge in [0.2, 0.25) is 0 Å². The number of rotatable bonds is 4. The lowest BCUT2D eigenvalue weighted by Crippen LogP contribution is -2.04. The van der Waals surface area contributed by atoms with E-state index >= 15 is 0 Å². The van der Waals surface area contributed by atoms with Gasteiger partial charge in [0.05, 0.1) is 11.4 Å². The van der Waals surface area contributed by atoms with Crippen molar-refractivity contribution in [2.45, 2.75) is 19.8 Å². The van der Waals surface area contributed by atoms with E-state index in [1.54, 1.807) is 0 Å². The molecule has 0 bridgehead atoms. The van der Waals surface area contributed by atoms with Crippen LogP contribution in [0.4, 0.5) is 11.5 Å². The number of aryl methyl sites for hydroxylation is 1. The van der Waals surface area contributed by atoms with Gasteiger partial charge in [-0.2, -0.15) is 0 Å². The van der Waals surface area contributed by atoms with Gasteiger partial charge in [0.15, 0.2) is 0 Å². The maximum atomic E-state index is 5.65. The van der Waals surface area contributed by atoms with Gasteiger partial charge in [0, 0.05) is 13.0 Å². The molecule has 14 heavy (non-hydrogen) atoms. The normalized spacial score (nSPS) is 9.43. The van der Waals surface area contributed by atoms with Crippen molar-refractivity contribution < 1.29 is 0 Å². The highest BCUT2D eigenvalue weighted by Gasteiger charge is 1.96. The standard InChI is InChI=1S/C11H15N3/c1-3-4-5-8-13-11-7-6-10(12)9(2)14-11/h1,6-7H,4-5,8,12H2,2H3,(H,13,14). The number of pyridine rings is 1. The summed E-state index contributed by atoms with van der Waals surface area (Å²) in [6, 6.07) is 3.73. The lowest BCUT2D eigenvalue weighted by molar-refractivity contribution is 0.900. The van der Waals surface area contributed by atoms with E-state index in [0.29, 0.717) is 0 Å². The third kappa shape index (κ3) is 2.98. The Labute approximate surface area is 84.7 Å². The van der Waals surface area contributed by atoms with Crippen molar-refractivity contribution >= 4 is 11.5 Å². The van der Waals surface area contributed by atoms with E-state index in [1.807, 2.05) is 19.1 Å². The van der Waals surface area contributed by atoms with Gasteiger partial charge in [-0.3, -0.25) is 0 Å². The molecule has 0 saturated carbocycles. The van der Waals surface area contributed by atoms with Gasteiger partial charge in [0.25, 0.3) is 0 Å². The Morgan fingerprint density at radius 2 is 2.36 bits per heavy atom. The summed E-state index contributed by atoms with van der Waals surface area (Å²) in [5.74, 6) is 3.45. The Morgan fingerprint density at radius 3 is 3.00 bits per heavy atom. The third-order valence-corrected chi connectivity index (χ3v) is 1.93. The quantitative estimate of drug-likeness (QED) is 0.561. The predicted molar refractivity (Wildman–Crippen MR) is 59.9 cm³/mol. The first-order valence-electron chi connectivity index (χ1n) is 4.64. The predicted octanol–water partition coefficient (Wildman–Crippen LogP) is 1.80. The molecule has 74 valence electrons. The fraction of sp³-hybridized carbons (Fsp3) is 0.364. The molecule has 0 amide bonds. The molecular weight excluding hydrogens is 174 g/mol. The molecule has 1 heterocycles. The molecule has 0 aliphatic rings. The summed E-state index contributed by atoms with van der Waals surface area (Å²) >= 11 is 0. The number of nitrogens with two attached hydrogens (primary N) is 1. The van der Waals surface area contributed by atoms with Crippen LogP contribution in [0.15, 0.2) is 12.1 Å². The largest absolute Gasteiger partial charge is 0.397 e. The van der Waals surface area contributed by atoms with Crippen LogP contribution in [0.2, 0.25) is 0 Å². The van der Waals surface area contributed by atoms with Crippen LogP contribution in [0, 0.1) is 19.3 Å². The fourth-order valence-electron chi connectivity index (χ4n) is 1.08. The topological polar surface area (TPSA) is 50.9 Å². The summed E-state index contributed by atoms with van der Waals surface area (Å²) in [5.41, 5.74) is 7.22. The zero-order valence-electron chi connectivity index (χ0n) is 8.38. The van der Waals surface area contributed by atoms with Crippen molar-refractivity contribution in [3.63, 3.8) is 0 Å². The van der Waals surface area contributed by atoms with Crippen molar-refractivity contribution in [2.24, 2.45) is 0 Å². The van der Waals surface area contributed by atoms with E-state index < -0.39 is 0 Å². The molecule has 0 unspecified atom stereocenters. The summed E-state index contributed by atoms with van der Waals surface area (Å²) < 4.78 is 0. The van der Waals surface area contributed by atoms with Crippen molar-refractivity contribution in [1.82, 2.24) is 4.98 Å². The number of anilines is 2. The highest BCUT2D eigenvalue weighted by molar-refractivity contribution is 5.48. The monoisotopic (exact) mass is 189 g/mol. The van der Waals surface area contributed by atoms with Crippen LogP contribution >= 0.6 is 0 Å². The van der Waals surface area contributed by atoms with Gasteiger partial charge in [-0.1, -0.05) is 0 Å². The van der Waals surface area contributed by atoms with Crippen molar-refractivity contribution in [3.05, 3.63) is 17.8 Å². The summed E-state index contributed by atoms with van der Waals surface area (Å²) in [4.78, 5) is 4.28. The van der Waals surface area contributed by atoms with Gasteiger partial charge >= 0.3 is 0 Å². The summed E-state index contributed by atoms with van der Waals surface area (Å²) in [7, 11) is 0. The average Bonchev–Trinajstić information content (AvgIpc) is 2.18. The Kier molecular flexibility index (Phi) is 3.81. The highest BCUT2D eigenvalue weighted by Crippen LogP contribution is 2.11. The molecule has 3 heteroatoms. The molecule has 0 aliphatic heterocycles. The molecule has 1 aromatic heterocycles. The maximum Gasteiger partial charge on any atom is 0.126 e. The van der Waals surface area contributed by atoms with Gasteiger partial charge in [-0.15, -0.1) is 12.3 Å². The number of nitrogens with one attached hydrogen (secondary N) is 1. The zero-order valence-corrected chi connectivity index (χ0v) is 8.38. The van der Waals surface area contributed by atoms with Crippen LogP contribution in [0.5, 0.6) is 0 Å². The van der Waals surface area contributed by atoms with Crippen LogP contribution in [-0.2, 0) is 0 Å². The first-order valence-corrected chi connectivity index (χ1v) is 4.64. The molecule has 1 rings (SSSR count). The molecule has 0 atom stereocenters. The number of aromatic nitrogens is 1. The van der Waals surface area contributed by atoms with Gasteiger partial charge in [0.1, 0.15) is 5.82 Å². The Bertz CT molecular complexity index is 339. The van der Waals surface area contributed by atoms with E-state index in [0.717, 1.165) is 36.6 Å². The van der Waals surface area contributed by atoms with E-state index in [4.69, 9.17) is 12.2 Å². The van der Waals surface area contributed by atoms with Crippen LogP contribution < -0.4 is 11.1 Å². The second-order valence-corrected chi connectivity index (χ2v) is 3.11. The Hall–Kier alpha value is -1.69. The number of nitrogen functional groups attached to an aromatic ring is 1.